The third-order valence-electron chi connectivity index (χ3n) is 6.47. The number of rotatable bonds is 6. The van der Waals surface area contributed by atoms with E-state index in [1.807, 2.05) is 47.4 Å². The molecule has 33 heavy (non-hydrogen) atoms. The number of aromatic nitrogens is 3. The Hall–Kier alpha value is -3.42. The molecule has 2 aliphatic rings. The second-order valence-corrected chi connectivity index (χ2v) is 8.73. The Labute approximate surface area is 193 Å². The van der Waals surface area contributed by atoms with Crippen molar-refractivity contribution in [3.63, 3.8) is 0 Å². The molecule has 2 aromatic heterocycles. The van der Waals surface area contributed by atoms with E-state index < -0.39 is 6.10 Å². The van der Waals surface area contributed by atoms with Crippen LogP contribution >= 0.6 is 0 Å². The number of ether oxygens (including phenoxy) is 1. The van der Waals surface area contributed by atoms with E-state index >= 15 is 0 Å². The van der Waals surface area contributed by atoms with Crippen molar-refractivity contribution in [2.75, 3.05) is 31.1 Å². The molecule has 1 saturated carbocycles. The maximum absolute atomic E-state index is 12.8. The Balaban J connectivity index is 1.15. The highest BCUT2D eigenvalue weighted by Crippen LogP contribution is 2.34. The van der Waals surface area contributed by atoms with Gasteiger partial charge >= 0.3 is 0 Å². The molecule has 1 aliphatic heterocycles. The molecule has 3 aromatic rings. The Morgan fingerprint density at radius 3 is 2.52 bits per heavy atom. The molecule has 1 unspecified atom stereocenters. The molecule has 2 fully saturated rings. The van der Waals surface area contributed by atoms with Crippen LogP contribution in [0.25, 0.3) is 11.4 Å². The average molecular weight is 448 g/mol. The van der Waals surface area contributed by atoms with Crippen molar-refractivity contribution in [3.05, 3.63) is 54.6 Å². The van der Waals surface area contributed by atoms with Crippen LogP contribution in [0.1, 0.15) is 44.4 Å². The largest absolute Gasteiger partial charge is 0.481 e. The van der Waals surface area contributed by atoms with Gasteiger partial charge in [0.25, 0.3) is 5.91 Å². The number of nitrogens with zero attached hydrogens (tertiary/aromatic N) is 5. The lowest BCUT2D eigenvalue weighted by molar-refractivity contribution is -0.138. The SMILES string of the molecule is CC(Oc1ccccc1)C(=O)N1CCN(c2ccc(-c3noc(C4CCCC4)n3)cn2)CC1. The number of para-hydroxylation sites is 1. The normalized spacial score (nSPS) is 17.8. The van der Waals surface area contributed by atoms with Crippen molar-refractivity contribution in [3.8, 4) is 17.1 Å². The fourth-order valence-corrected chi connectivity index (χ4v) is 4.56. The van der Waals surface area contributed by atoms with Crippen LogP contribution in [0.15, 0.2) is 53.2 Å². The van der Waals surface area contributed by atoms with Gasteiger partial charge in [0.1, 0.15) is 11.6 Å². The van der Waals surface area contributed by atoms with Gasteiger partial charge in [0.2, 0.25) is 11.7 Å². The molecule has 1 aliphatic carbocycles. The van der Waals surface area contributed by atoms with Crippen LogP contribution in [0, 0.1) is 0 Å². The zero-order valence-corrected chi connectivity index (χ0v) is 18.9. The summed E-state index contributed by atoms with van der Waals surface area (Å²) in [5.74, 6) is 3.35. The van der Waals surface area contributed by atoms with Gasteiger partial charge in [-0.3, -0.25) is 4.79 Å². The van der Waals surface area contributed by atoms with Gasteiger partial charge in [0.15, 0.2) is 6.10 Å². The van der Waals surface area contributed by atoms with Gasteiger partial charge in [0.05, 0.1) is 0 Å². The van der Waals surface area contributed by atoms with E-state index in [4.69, 9.17) is 9.26 Å². The summed E-state index contributed by atoms with van der Waals surface area (Å²) >= 11 is 0. The van der Waals surface area contributed by atoms with Gasteiger partial charge in [-0.1, -0.05) is 36.2 Å². The number of benzene rings is 1. The molecule has 1 amide bonds. The highest BCUT2D eigenvalue weighted by atomic mass is 16.5. The predicted octanol–water partition coefficient (Wildman–Crippen LogP) is 3.91. The molecule has 0 N–H and O–H groups in total. The number of pyridine rings is 1. The molecule has 5 rings (SSSR count). The lowest BCUT2D eigenvalue weighted by Crippen LogP contribution is -2.52. The summed E-state index contributed by atoms with van der Waals surface area (Å²) in [4.78, 5) is 26.1. The molecule has 8 heteroatoms. The van der Waals surface area contributed by atoms with E-state index in [1.54, 1.807) is 13.1 Å². The molecule has 0 bridgehead atoms. The molecule has 1 aromatic carbocycles. The molecule has 172 valence electrons. The minimum absolute atomic E-state index is 0.0111. The van der Waals surface area contributed by atoms with Gasteiger partial charge in [-0.05, 0) is 44.0 Å². The zero-order valence-electron chi connectivity index (χ0n) is 18.9. The van der Waals surface area contributed by atoms with Gasteiger partial charge in [-0.15, -0.1) is 0 Å². The fraction of sp³-hybridized carbons (Fsp3) is 0.440. The first kappa shape index (κ1) is 21.4. The van der Waals surface area contributed by atoms with Crippen molar-refractivity contribution in [1.82, 2.24) is 20.0 Å². The van der Waals surface area contributed by atoms with E-state index in [2.05, 4.69) is 20.0 Å². The van der Waals surface area contributed by atoms with E-state index in [-0.39, 0.29) is 5.91 Å². The summed E-state index contributed by atoms with van der Waals surface area (Å²) in [6, 6.07) is 13.4. The molecule has 0 radical (unpaired) electrons. The minimum Gasteiger partial charge on any atom is -0.481 e. The highest BCUT2D eigenvalue weighted by Gasteiger charge is 2.27. The third kappa shape index (κ3) is 4.84. The lowest BCUT2D eigenvalue weighted by atomic mass is 10.1. The van der Waals surface area contributed by atoms with Crippen molar-refractivity contribution >= 4 is 11.7 Å². The van der Waals surface area contributed by atoms with Crippen molar-refractivity contribution in [2.24, 2.45) is 0 Å². The van der Waals surface area contributed by atoms with E-state index in [0.29, 0.717) is 30.6 Å². The number of amides is 1. The van der Waals surface area contributed by atoms with Crippen molar-refractivity contribution in [2.45, 2.75) is 44.6 Å². The second kappa shape index (κ2) is 9.60. The van der Waals surface area contributed by atoms with Crippen LogP contribution in [0.5, 0.6) is 5.75 Å². The molecular weight excluding hydrogens is 418 g/mol. The Bertz CT molecular complexity index is 1060. The monoisotopic (exact) mass is 447 g/mol. The molecule has 1 saturated heterocycles. The molecule has 1 atom stereocenters. The van der Waals surface area contributed by atoms with Crippen LogP contribution in [-0.4, -0.2) is 58.2 Å². The highest BCUT2D eigenvalue weighted by molar-refractivity contribution is 5.81. The summed E-state index contributed by atoms with van der Waals surface area (Å²) in [7, 11) is 0. The standard InChI is InChI=1S/C25H29N5O3/c1-18(32-21-9-3-2-4-10-21)25(31)30-15-13-29(14-16-30)22-12-11-20(17-26-22)23-27-24(33-28-23)19-7-5-6-8-19/h2-4,9-12,17-19H,5-8,13-16H2,1H3. The number of hydrogen-bond donors (Lipinski definition) is 0. The zero-order chi connectivity index (χ0) is 22.6. The number of piperazine rings is 1. The summed E-state index contributed by atoms with van der Waals surface area (Å²) in [5.41, 5.74) is 0.854. The van der Waals surface area contributed by atoms with Crippen molar-refractivity contribution in [1.29, 1.82) is 0 Å². The first-order valence-corrected chi connectivity index (χ1v) is 11.7. The van der Waals surface area contributed by atoms with E-state index in [9.17, 15) is 4.79 Å². The first-order valence-electron chi connectivity index (χ1n) is 11.7. The third-order valence-corrected chi connectivity index (χ3v) is 6.47. The van der Waals surface area contributed by atoms with Gasteiger partial charge in [-0.2, -0.15) is 4.98 Å². The summed E-state index contributed by atoms with van der Waals surface area (Å²) in [5, 5.41) is 4.15. The predicted molar refractivity (Wildman–Crippen MR) is 124 cm³/mol. The van der Waals surface area contributed by atoms with Crippen LogP contribution in [0.2, 0.25) is 0 Å². The Kier molecular flexibility index (Phi) is 6.24. The molecule has 0 spiro atoms. The number of anilines is 1. The first-order chi connectivity index (χ1) is 16.2. The van der Waals surface area contributed by atoms with Gasteiger partial charge in [0, 0.05) is 43.9 Å². The van der Waals surface area contributed by atoms with E-state index in [0.717, 1.165) is 43.2 Å². The average Bonchev–Trinajstić information content (AvgIpc) is 3.57. The Morgan fingerprint density at radius 2 is 1.82 bits per heavy atom. The molecule has 3 heterocycles. The number of hydrogen-bond acceptors (Lipinski definition) is 7. The van der Waals surface area contributed by atoms with Gasteiger partial charge < -0.3 is 19.1 Å². The van der Waals surface area contributed by atoms with E-state index in [1.165, 1.54) is 12.8 Å². The molecular formula is C25H29N5O3. The number of carbonyl (C=O) groups is 1. The number of carbonyl (C=O) groups excluding carboxylic acids is 1. The van der Waals surface area contributed by atoms with Gasteiger partial charge in [-0.25, -0.2) is 4.98 Å². The summed E-state index contributed by atoms with van der Waals surface area (Å²) in [6.45, 7) is 4.53. The summed E-state index contributed by atoms with van der Waals surface area (Å²) < 4.78 is 11.3. The molecule has 8 nitrogen and oxygen atoms in total. The lowest BCUT2D eigenvalue weighted by Gasteiger charge is -2.36. The van der Waals surface area contributed by atoms with Crippen LogP contribution in [0.4, 0.5) is 5.82 Å². The second-order valence-electron chi connectivity index (χ2n) is 8.73. The fourth-order valence-electron chi connectivity index (χ4n) is 4.56. The van der Waals surface area contributed by atoms with Crippen molar-refractivity contribution < 1.29 is 14.1 Å². The minimum atomic E-state index is -0.513. The summed E-state index contributed by atoms with van der Waals surface area (Å²) in [6.07, 6.45) is 6.01. The topological polar surface area (TPSA) is 84.6 Å². The van der Waals surface area contributed by atoms with Crippen LogP contribution in [0.3, 0.4) is 0 Å². The maximum atomic E-state index is 12.8. The quantitative estimate of drug-likeness (QED) is 0.566. The van der Waals surface area contributed by atoms with Crippen LogP contribution < -0.4 is 9.64 Å². The maximum Gasteiger partial charge on any atom is 0.263 e. The van der Waals surface area contributed by atoms with Crippen LogP contribution in [-0.2, 0) is 4.79 Å². The Morgan fingerprint density at radius 1 is 1.06 bits per heavy atom. The smallest absolute Gasteiger partial charge is 0.263 e.